The van der Waals surface area contributed by atoms with Crippen molar-refractivity contribution in [2.45, 2.75) is 44.7 Å². The summed E-state index contributed by atoms with van der Waals surface area (Å²) in [7, 11) is 6.03. The fourth-order valence-corrected chi connectivity index (χ4v) is 3.33. The average Bonchev–Trinajstić information content (AvgIpc) is 2.49. The van der Waals surface area contributed by atoms with Crippen LogP contribution >= 0.6 is 0 Å². The summed E-state index contributed by atoms with van der Waals surface area (Å²) < 4.78 is 5.36. The van der Waals surface area contributed by atoms with E-state index in [0.717, 1.165) is 18.2 Å². The lowest BCUT2D eigenvalue weighted by atomic mass is 9.86. The zero-order chi connectivity index (χ0) is 15.2. The van der Waals surface area contributed by atoms with Gasteiger partial charge in [0.25, 0.3) is 0 Å². The number of rotatable bonds is 6. The number of hydrogen-bond donors (Lipinski definition) is 1. The maximum absolute atomic E-state index is 5.36. The van der Waals surface area contributed by atoms with Gasteiger partial charge in [0.05, 0.1) is 7.11 Å². The minimum Gasteiger partial charge on any atom is -0.497 e. The Labute approximate surface area is 129 Å². The topological polar surface area (TPSA) is 24.5 Å². The zero-order valence-corrected chi connectivity index (χ0v) is 13.9. The molecular weight excluding hydrogens is 260 g/mol. The molecule has 1 aliphatic carbocycles. The third-order valence-electron chi connectivity index (χ3n) is 4.79. The Morgan fingerprint density at radius 2 is 2.05 bits per heavy atom. The van der Waals surface area contributed by atoms with Crippen LogP contribution < -0.4 is 10.1 Å². The third kappa shape index (κ3) is 4.45. The maximum atomic E-state index is 5.36. The van der Waals surface area contributed by atoms with Crippen LogP contribution in [0.25, 0.3) is 0 Å². The Balaban J connectivity index is 2.01. The van der Waals surface area contributed by atoms with Gasteiger partial charge in [0.2, 0.25) is 0 Å². The van der Waals surface area contributed by atoms with Gasteiger partial charge >= 0.3 is 0 Å². The molecule has 0 spiro atoms. The first-order valence-corrected chi connectivity index (χ1v) is 8.15. The molecule has 0 saturated heterocycles. The lowest BCUT2D eigenvalue weighted by molar-refractivity contribution is 0.234. The average molecular weight is 290 g/mol. The number of methoxy groups -OCH3 is 1. The molecule has 1 N–H and O–H groups in total. The Kier molecular flexibility index (Phi) is 6.07. The van der Waals surface area contributed by atoms with Gasteiger partial charge in [-0.3, -0.25) is 0 Å². The number of ether oxygens (including phenoxy) is 1. The summed E-state index contributed by atoms with van der Waals surface area (Å²) in [6.07, 6.45) is 5.45. The van der Waals surface area contributed by atoms with Crippen molar-refractivity contribution in [3.05, 3.63) is 29.8 Å². The van der Waals surface area contributed by atoms with Crippen LogP contribution in [-0.4, -0.2) is 38.7 Å². The SMILES string of the molecule is COc1cccc(C(CNC2CCCCC2C)N(C)C)c1. The molecule has 1 aromatic carbocycles. The molecule has 0 aromatic heterocycles. The zero-order valence-electron chi connectivity index (χ0n) is 13.9. The summed E-state index contributed by atoms with van der Waals surface area (Å²) >= 11 is 0. The van der Waals surface area contributed by atoms with Gasteiger partial charge in [0.1, 0.15) is 5.75 Å². The predicted molar refractivity (Wildman–Crippen MR) is 88.8 cm³/mol. The van der Waals surface area contributed by atoms with E-state index in [1.54, 1.807) is 7.11 Å². The maximum Gasteiger partial charge on any atom is 0.119 e. The minimum absolute atomic E-state index is 0.384. The lowest BCUT2D eigenvalue weighted by Gasteiger charge is -2.33. The molecular formula is C18H30N2O. The summed E-state index contributed by atoms with van der Waals surface area (Å²) in [6.45, 7) is 3.38. The van der Waals surface area contributed by atoms with E-state index in [9.17, 15) is 0 Å². The number of nitrogens with zero attached hydrogens (tertiary/aromatic N) is 1. The molecule has 2 rings (SSSR count). The van der Waals surface area contributed by atoms with Crippen molar-refractivity contribution in [3.63, 3.8) is 0 Å². The Morgan fingerprint density at radius 1 is 1.29 bits per heavy atom. The first kappa shape index (κ1) is 16.3. The molecule has 1 saturated carbocycles. The molecule has 3 unspecified atom stereocenters. The van der Waals surface area contributed by atoms with Gasteiger partial charge in [0, 0.05) is 18.6 Å². The van der Waals surface area contributed by atoms with Gasteiger partial charge in [-0.2, -0.15) is 0 Å². The molecule has 3 atom stereocenters. The van der Waals surface area contributed by atoms with Crippen molar-refractivity contribution in [1.29, 1.82) is 0 Å². The highest BCUT2D eigenvalue weighted by atomic mass is 16.5. The number of benzene rings is 1. The summed E-state index contributed by atoms with van der Waals surface area (Å²) in [4.78, 5) is 2.29. The largest absolute Gasteiger partial charge is 0.497 e. The lowest BCUT2D eigenvalue weighted by Crippen LogP contribution is -2.41. The second-order valence-corrected chi connectivity index (χ2v) is 6.53. The highest BCUT2D eigenvalue weighted by Gasteiger charge is 2.23. The predicted octanol–water partition coefficient (Wildman–Crippen LogP) is 3.47. The van der Waals surface area contributed by atoms with Crippen LogP contribution in [0.3, 0.4) is 0 Å². The van der Waals surface area contributed by atoms with Crippen LogP contribution in [0.1, 0.15) is 44.2 Å². The van der Waals surface area contributed by atoms with Crippen molar-refractivity contribution >= 4 is 0 Å². The quantitative estimate of drug-likeness (QED) is 0.868. The smallest absolute Gasteiger partial charge is 0.119 e. The second kappa shape index (κ2) is 7.81. The Morgan fingerprint density at radius 3 is 2.71 bits per heavy atom. The van der Waals surface area contributed by atoms with Gasteiger partial charge in [-0.05, 0) is 50.6 Å². The molecule has 118 valence electrons. The van der Waals surface area contributed by atoms with Crippen LogP contribution in [-0.2, 0) is 0 Å². The van der Waals surface area contributed by atoms with Gasteiger partial charge < -0.3 is 15.0 Å². The molecule has 0 heterocycles. The van der Waals surface area contributed by atoms with Crippen LogP contribution in [0.15, 0.2) is 24.3 Å². The van der Waals surface area contributed by atoms with Gasteiger partial charge in [0.15, 0.2) is 0 Å². The van der Waals surface area contributed by atoms with Crippen molar-refractivity contribution in [1.82, 2.24) is 10.2 Å². The first-order valence-electron chi connectivity index (χ1n) is 8.15. The van der Waals surface area contributed by atoms with E-state index in [1.165, 1.54) is 31.2 Å². The minimum atomic E-state index is 0.384. The van der Waals surface area contributed by atoms with E-state index in [-0.39, 0.29) is 0 Å². The monoisotopic (exact) mass is 290 g/mol. The Hall–Kier alpha value is -1.06. The standard InChI is InChI=1S/C18H30N2O/c1-14-8-5-6-11-17(14)19-13-18(20(2)3)15-9-7-10-16(12-15)21-4/h7,9-10,12,14,17-19H,5-6,8,11,13H2,1-4H3. The van der Waals surface area contributed by atoms with E-state index >= 15 is 0 Å². The van der Waals surface area contributed by atoms with Crippen LogP contribution in [0, 0.1) is 5.92 Å². The fraction of sp³-hybridized carbons (Fsp3) is 0.667. The summed E-state index contributed by atoms with van der Waals surface area (Å²) in [6, 6.07) is 9.48. The molecule has 0 radical (unpaired) electrons. The van der Waals surface area contributed by atoms with Crippen LogP contribution in [0.5, 0.6) is 5.75 Å². The highest BCUT2D eigenvalue weighted by molar-refractivity contribution is 5.30. The fourth-order valence-electron chi connectivity index (χ4n) is 3.33. The molecule has 1 aliphatic rings. The van der Waals surface area contributed by atoms with E-state index in [4.69, 9.17) is 4.74 Å². The highest BCUT2D eigenvalue weighted by Crippen LogP contribution is 2.26. The molecule has 1 fully saturated rings. The third-order valence-corrected chi connectivity index (χ3v) is 4.79. The first-order chi connectivity index (χ1) is 10.1. The van der Waals surface area contributed by atoms with Crippen molar-refractivity contribution < 1.29 is 4.74 Å². The van der Waals surface area contributed by atoms with E-state index < -0.39 is 0 Å². The van der Waals surface area contributed by atoms with Gasteiger partial charge in [-0.15, -0.1) is 0 Å². The normalized spacial score (nSPS) is 24.0. The number of nitrogens with one attached hydrogen (secondary N) is 1. The summed E-state index contributed by atoms with van der Waals surface area (Å²) in [5.74, 6) is 1.73. The van der Waals surface area contributed by atoms with Crippen molar-refractivity contribution in [2.24, 2.45) is 5.92 Å². The molecule has 0 aliphatic heterocycles. The van der Waals surface area contributed by atoms with Crippen molar-refractivity contribution in [2.75, 3.05) is 27.7 Å². The van der Waals surface area contributed by atoms with E-state index in [0.29, 0.717) is 12.1 Å². The molecule has 3 nitrogen and oxygen atoms in total. The number of hydrogen-bond acceptors (Lipinski definition) is 3. The molecule has 0 amide bonds. The van der Waals surface area contributed by atoms with Crippen LogP contribution in [0.2, 0.25) is 0 Å². The summed E-state index contributed by atoms with van der Waals surface area (Å²) in [5.41, 5.74) is 1.32. The van der Waals surface area contributed by atoms with E-state index in [2.05, 4.69) is 49.4 Å². The number of likely N-dealkylation sites (N-methyl/N-ethyl adjacent to an activating group) is 1. The molecule has 1 aromatic rings. The van der Waals surface area contributed by atoms with Crippen LogP contribution in [0.4, 0.5) is 0 Å². The summed E-state index contributed by atoms with van der Waals surface area (Å²) in [5, 5.41) is 3.81. The Bertz CT molecular complexity index is 433. The van der Waals surface area contributed by atoms with Crippen molar-refractivity contribution in [3.8, 4) is 5.75 Å². The second-order valence-electron chi connectivity index (χ2n) is 6.53. The van der Waals surface area contributed by atoms with E-state index in [1.807, 2.05) is 6.07 Å². The molecule has 0 bridgehead atoms. The molecule has 21 heavy (non-hydrogen) atoms. The molecule has 3 heteroatoms. The van der Waals surface area contributed by atoms with Gasteiger partial charge in [-0.1, -0.05) is 31.9 Å². The van der Waals surface area contributed by atoms with Gasteiger partial charge in [-0.25, -0.2) is 0 Å².